The van der Waals surface area contributed by atoms with Crippen molar-refractivity contribution in [1.29, 1.82) is 0 Å². The lowest BCUT2D eigenvalue weighted by atomic mass is 9.94. The zero-order valence-corrected chi connectivity index (χ0v) is 10.8. The molecule has 1 saturated heterocycles. The van der Waals surface area contributed by atoms with E-state index in [-0.39, 0.29) is 5.91 Å². The molecule has 2 rings (SSSR count). The molecule has 0 spiro atoms. The Bertz CT molecular complexity index is 268. The lowest BCUT2D eigenvalue weighted by Gasteiger charge is -2.28. The van der Waals surface area contributed by atoms with Gasteiger partial charge in [0.05, 0.1) is 25.4 Å². The topological polar surface area (TPSA) is 67.8 Å². The Morgan fingerprint density at radius 3 is 2.56 bits per heavy atom. The largest absolute Gasteiger partial charge is 0.388 e. The van der Waals surface area contributed by atoms with Crippen molar-refractivity contribution in [3.63, 3.8) is 0 Å². The Kier molecular flexibility index (Phi) is 4.97. The summed E-state index contributed by atoms with van der Waals surface area (Å²) in [6.45, 7) is 1.64. The van der Waals surface area contributed by atoms with Gasteiger partial charge < -0.3 is 19.9 Å². The van der Waals surface area contributed by atoms with Crippen molar-refractivity contribution >= 4 is 5.91 Å². The van der Waals surface area contributed by atoms with E-state index in [1.165, 1.54) is 12.8 Å². The normalized spacial score (nSPS) is 28.4. The number of carbonyl (C=O) groups is 1. The molecule has 2 fully saturated rings. The second kappa shape index (κ2) is 6.50. The molecule has 2 aliphatic rings. The number of hydrogen-bond acceptors (Lipinski definition) is 4. The first kappa shape index (κ1) is 13.8. The van der Waals surface area contributed by atoms with Crippen LogP contribution in [0.5, 0.6) is 0 Å². The average molecular weight is 257 g/mol. The Balaban J connectivity index is 1.76. The molecule has 2 N–H and O–H groups in total. The number of ether oxygens (including phenoxy) is 2. The van der Waals surface area contributed by atoms with Crippen LogP contribution < -0.4 is 5.32 Å². The van der Waals surface area contributed by atoms with Gasteiger partial charge in [0, 0.05) is 6.54 Å². The van der Waals surface area contributed by atoms with Crippen LogP contribution in [-0.4, -0.2) is 49.1 Å². The molecule has 1 atom stereocenters. The maximum absolute atomic E-state index is 11.8. The van der Waals surface area contributed by atoms with Crippen LogP contribution in [0, 0.1) is 0 Å². The summed E-state index contributed by atoms with van der Waals surface area (Å²) in [4.78, 5) is 11.8. The summed E-state index contributed by atoms with van der Waals surface area (Å²) in [6, 6.07) is 0. The molecule has 5 heteroatoms. The quantitative estimate of drug-likeness (QED) is 0.727. The van der Waals surface area contributed by atoms with Gasteiger partial charge in [-0.1, -0.05) is 25.7 Å². The SMILES string of the molecule is O=C(NCC1(O)CCCCCC1)C1COCCO1. The third-order valence-corrected chi connectivity index (χ3v) is 3.73. The van der Waals surface area contributed by atoms with E-state index in [4.69, 9.17) is 9.47 Å². The van der Waals surface area contributed by atoms with Gasteiger partial charge in [-0.2, -0.15) is 0 Å². The molecule has 104 valence electrons. The molecule has 0 aromatic rings. The van der Waals surface area contributed by atoms with Crippen molar-refractivity contribution in [3.8, 4) is 0 Å². The zero-order valence-electron chi connectivity index (χ0n) is 10.8. The Labute approximate surface area is 108 Å². The third kappa shape index (κ3) is 3.93. The van der Waals surface area contributed by atoms with E-state index < -0.39 is 11.7 Å². The van der Waals surface area contributed by atoms with Crippen LogP contribution in [0.1, 0.15) is 38.5 Å². The van der Waals surface area contributed by atoms with Crippen molar-refractivity contribution in [1.82, 2.24) is 5.32 Å². The van der Waals surface area contributed by atoms with E-state index in [2.05, 4.69) is 5.32 Å². The molecule has 1 saturated carbocycles. The maximum Gasteiger partial charge on any atom is 0.251 e. The number of nitrogens with one attached hydrogen (secondary N) is 1. The lowest BCUT2D eigenvalue weighted by molar-refractivity contribution is -0.148. The van der Waals surface area contributed by atoms with Gasteiger partial charge in [0.15, 0.2) is 6.10 Å². The number of aliphatic hydroxyl groups is 1. The number of hydrogen-bond donors (Lipinski definition) is 2. The summed E-state index contributed by atoms with van der Waals surface area (Å²) in [5.41, 5.74) is -0.734. The Morgan fingerprint density at radius 1 is 1.22 bits per heavy atom. The molecule has 0 aromatic carbocycles. The van der Waals surface area contributed by atoms with Crippen LogP contribution in [0.3, 0.4) is 0 Å². The summed E-state index contributed by atoms with van der Waals surface area (Å²) in [5, 5.41) is 13.2. The summed E-state index contributed by atoms with van der Waals surface area (Å²) in [5.74, 6) is -0.174. The van der Waals surface area contributed by atoms with E-state index in [0.717, 1.165) is 25.7 Å². The molecule has 0 radical (unpaired) electrons. The van der Waals surface area contributed by atoms with Crippen LogP contribution in [0.4, 0.5) is 0 Å². The van der Waals surface area contributed by atoms with Crippen molar-refractivity contribution < 1.29 is 19.4 Å². The molecule has 5 nitrogen and oxygen atoms in total. The van der Waals surface area contributed by atoms with Gasteiger partial charge in [-0.3, -0.25) is 4.79 Å². The minimum atomic E-state index is -0.734. The number of rotatable bonds is 3. The third-order valence-electron chi connectivity index (χ3n) is 3.73. The van der Waals surface area contributed by atoms with Crippen LogP contribution in [-0.2, 0) is 14.3 Å². The van der Waals surface area contributed by atoms with Crippen molar-refractivity contribution in [2.24, 2.45) is 0 Å². The molecular weight excluding hydrogens is 234 g/mol. The van der Waals surface area contributed by atoms with Gasteiger partial charge >= 0.3 is 0 Å². The van der Waals surface area contributed by atoms with Gasteiger partial charge in [-0.25, -0.2) is 0 Å². The summed E-state index contributed by atoms with van der Waals surface area (Å²) < 4.78 is 10.5. The fraction of sp³-hybridized carbons (Fsp3) is 0.923. The first-order chi connectivity index (χ1) is 8.70. The predicted octanol–water partition coefficient (Wildman–Crippen LogP) is 0.603. The molecular formula is C13H23NO4. The summed E-state index contributed by atoms with van der Waals surface area (Å²) in [7, 11) is 0. The van der Waals surface area contributed by atoms with Gasteiger partial charge in [-0.15, -0.1) is 0 Å². The van der Waals surface area contributed by atoms with E-state index in [1.54, 1.807) is 0 Å². The fourth-order valence-corrected chi connectivity index (χ4v) is 2.57. The van der Waals surface area contributed by atoms with Crippen LogP contribution >= 0.6 is 0 Å². The molecule has 1 aliphatic carbocycles. The fourth-order valence-electron chi connectivity index (χ4n) is 2.57. The minimum absolute atomic E-state index is 0.174. The molecule has 0 aromatic heterocycles. The highest BCUT2D eigenvalue weighted by Crippen LogP contribution is 2.26. The molecule has 1 heterocycles. The molecule has 18 heavy (non-hydrogen) atoms. The summed E-state index contributed by atoms with van der Waals surface area (Å²) >= 11 is 0. The first-order valence-electron chi connectivity index (χ1n) is 6.89. The highest BCUT2D eigenvalue weighted by atomic mass is 16.6. The minimum Gasteiger partial charge on any atom is -0.388 e. The van der Waals surface area contributed by atoms with E-state index in [1.807, 2.05) is 0 Å². The van der Waals surface area contributed by atoms with Gasteiger partial charge in [0.1, 0.15) is 0 Å². The lowest BCUT2D eigenvalue weighted by Crippen LogP contribution is -2.48. The van der Waals surface area contributed by atoms with E-state index in [9.17, 15) is 9.90 Å². The monoisotopic (exact) mass is 257 g/mol. The van der Waals surface area contributed by atoms with Crippen molar-refractivity contribution in [2.45, 2.75) is 50.2 Å². The zero-order chi connectivity index (χ0) is 12.8. The standard InChI is InChI=1S/C13H23NO4/c15-12(11-9-17-7-8-18-11)14-10-13(16)5-3-1-2-4-6-13/h11,16H,1-10H2,(H,14,15). The molecule has 1 amide bonds. The maximum atomic E-state index is 11.8. The Hall–Kier alpha value is -0.650. The van der Waals surface area contributed by atoms with Crippen LogP contribution in [0.15, 0.2) is 0 Å². The highest BCUT2D eigenvalue weighted by molar-refractivity contribution is 5.81. The second-order valence-electron chi connectivity index (χ2n) is 5.29. The van der Waals surface area contributed by atoms with Gasteiger partial charge in [0.25, 0.3) is 5.91 Å². The van der Waals surface area contributed by atoms with Gasteiger partial charge in [0.2, 0.25) is 0 Å². The Morgan fingerprint density at radius 2 is 1.94 bits per heavy atom. The second-order valence-corrected chi connectivity index (χ2v) is 5.29. The smallest absolute Gasteiger partial charge is 0.251 e. The number of carbonyl (C=O) groups excluding carboxylic acids is 1. The number of amides is 1. The predicted molar refractivity (Wildman–Crippen MR) is 66.2 cm³/mol. The summed E-state index contributed by atoms with van der Waals surface area (Å²) in [6.07, 6.45) is 5.45. The van der Waals surface area contributed by atoms with Crippen molar-refractivity contribution in [2.75, 3.05) is 26.4 Å². The highest BCUT2D eigenvalue weighted by Gasteiger charge is 2.30. The molecule has 1 unspecified atom stereocenters. The molecule has 1 aliphatic heterocycles. The van der Waals surface area contributed by atoms with E-state index in [0.29, 0.717) is 26.4 Å². The first-order valence-corrected chi connectivity index (χ1v) is 6.89. The van der Waals surface area contributed by atoms with E-state index >= 15 is 0 Å². The molecule has 0 bridgehead atoms. The average Bonchev–Trinajstić information content (AvgIpc) is 2.62. The van der Waals surface area contributed by atoms with Crippen LogP contribution in [0.25, 0.3) is 0 Å². The van der Waals surface area contributed by atoms with Crippen molar-refractivity contribution in [3.05, 3.63) is 0 Å². The van der Waals surface area contributed by atoms with Crippen LogP contribution in [0.2, 0.25) is 0 Å². The van der Waals surface area contributed by atoms with Gasteiger partial charge in [-0.05, 0) is 12.8 Å².